The predicted molar refractivity (Wildman–Crippen MR) is 69.7 cm³/mol. The van der Waals surface area contributed by atoms with Gasteiger partial charge in [-0.1, -0.05) is 36.8 Å². The maximum absolute atomic E-state index is 12.2. The number of hydrogen-bond acceptors (Lipinski definition) is 3. The highest BCUT2D eigenvalue weighted by Gasteiger charge is 2.43. The lowest BCUT2D eigenvalue weighted by Gasteiger charge is -2.40. The van der Waals surface area contributed by atoms with E-state index in [1.54, 1.807) is 0 Å². The van der Waals surface area contributed by atoms with Crippen molar-refractivity contribution in [2.24, 2.45) is 11.1 Å². The number of aliphatic hydroxyl groups excluding tert-OH is 1. The Morgan fingerprint density at radius 3 is 2.50 bits per heavy atom. The van der Waals surface area contributed by atoms with E-state index in [1.807, 2.05) is 30.3 Å². The Bertz CT molecular complexity index is 396. The molecule has 0 aliphatic heterocycles. The van der Waals surface area contributed by atoms with E-state index >= 15 is 0 Å². The molecule has 4 heteroatoms. The number of amides is 1. The second-order valence-electron chi connectivity index (χ2n) is 4.96. The van der Waals surface area contributed by atoms with Crippen LogP contribution in [-0.4, -0.2) is 24.2 Å². The summed E-state index contributed by atoms with van der Waals surface area (Å²) in [5.74, 6) is -0.0286. The van der Waals surface area contributed by atoms with Gasteiger partial charge in [-0.25, -0.2) is 0 Å². The summed E-state index contributed by atoms with van der Waals surface area (Å²) in [6.07, 6.45) is 2.75. The molecule has 0 saturated heterocycles. The van der Waals surface area contributed by atoms with Crippen molar-refractivity contribution < 1.29 is 9.90 Å². The summed E-state index contributed by atoms with van der Waals surface area (Å²) in [6.45, 7) is 0.280. The summed E-state index contributed by atoms with van der Waals surface area (Å²) in [7, 11) is 0. The minimum Gasteiger partial charge on any atom is -0.394 e. The molecule has 4 N–H and O–H groups in total. The average Bonchev–Trinajstić information content (AvgIpc) is 2.36. The third-order valence-corrected chi connectivity index (χ3v) is 3.87. The topological polar surface area (TPSA) is 75.4 Å². The number of carbonyl (C=O) groups is 1. The fourth-order valence-corrected chi connectivity index (χ4v) is 2.36. The van der Waals surface area contributed by atoms with Gasteiger partial charge in [-0.15, -0.1) is 0 Å². The lowest BCUT2D eigenvalue weighted by atomic mass is 9.68. The number of hydrogen-bond donors (Lipinski definition) is 3. The molecule has 0 unspecified atom stereocenters. The second kappa shape index (κ2) is 5.50. The van der Waals surface area contributed by atoms with Crippen molar-refractivity contribution in [3.63, 3.8) is 0 Å². The van der Waals surface area contributed by atoms with Crippen LogP contribution in [0.1, 0.15) is 30.9 Å². The zero-order valence-corrected chi connectivity index (χ0v) is 10.4. The fourth-order valence-electron chi connectivity index (χ4n) is 2.36. The van der Waals surface area contributed by atoms with Gasteiger partial charge >= 0.3 is 0 Å². The van der Waals surface area contributed by atoms with Gasteiger partial charge in [0.1, 0.15) is 0 Å². The van der Waals surface area contributed by atoms with Crippen molar-refractivity contribution in [1.29, 1.82) is 0 Å². The van der Waals surface area contributed by atoms with Crippen LogP contribution in [0.4, 0.5) is 0 Å². The van der Waals surface area contributed by atoms with Crippen molar-refractivity contribution in [2.75, 3.05) is 13.2 Å². The number of rotatable bonds is 5. The van der Waals surface area contributed by atoms with Gasteiger partial charge in [-0.05, 0) is 18.4 Å². The molecule has 4 nitrogen and oxygen atoms in total. The number of aliphatic hydroxyl groups is 1. The average molecular weight is 248 g/mol. The Kier molecular flexibility index (Phi) is 3.99. The maximum Gasteiger partial charge on any atom is 0.228 e. The number of nitrogens with two attached hydrogens (primary N) is 1. The lowest BCUT2D eigenvalue weighted by Crippen LogP contribution is -2.51. The Morgan fingerprint density at radius 1 is 1.39 bits per heavy atom. The maximum atomic E-state index is 12.2. The molecule has 1 aliphatic carbocycles. The van der Waals surface area contributed by atoms with Gasteiger partial charge in [-0.3, -0.25) is 4.79 Å². The summed E-state index contributed by atoms with van der Waals surface area (Å²) in [4.78, 5) is 12.2. The molecule has 1 aromatic rings. The number of benzene rings is 1. The first-order valence-electron chi connectivity index (χ1n) is 6.39. The van der Waals surface area contributed by atoms with Crippen molar-refractivity contribution in [3.05, 3.63) is 35.9 Å². The second-order valence-corrected chi connectivity index (χ2v) is 4.96. The Morgan fingerprint density at radius 2 is 2.06 bits per heavy atom. The van der Waals surface area contributed by atoms with Crippen LogP contribution in [0, 0.1) is 5.41 Å². The normalized spacial score (nSPS) is 18.8. The summed E-state index contributed by atoms with van der Waals surface area (Å²) < 4.78 is 0. The first kappa shape index (κ1) is 13.1. The Balaban J connectivity index is 2.05. The SMILES string of the molecule is NCC1(C(=O)N[C@H](CO)c2ccccc2)CCC1. The minimum absolute atomic E-state index is 0.0286. The highest BCUT2D eigenvalue weighted by Crippen LogP contribution is 2.40. The third-order valence-electron chi connectivity index (χ3n) is 3.87. The fraction of sp³-hybridized carbons (Fsp3) is 0.500. The van der Waals surface area contributed by atoms with E-state index in [9.17, 15) is 9.90 Å². The van der Waals surface area contributed by atoms with E-state index in [0.29, 0.717) is 6.54 Å². The molecule has 2 rings (SSSR count). The molecule has 0 spiro atoms. The molecule has 1 saturated carbocycles. The standard InChI is InChI=1S/C14H20N2O2/c15-10-14(7-4-8-14)13(18)16-12(9-17)11-5-2-1-3-6-11/h1-3,5-6,12,17H,4,7-10,15H2,(H,16,18)/t12-/m1/s1. The summed E-state index contributed by atoms with van der Waals surface area (Å²) in [6, 6.07) is 9.15. The van der Waals surface area contributed by atoms with Gasteiger partial charge in [0, 0.05) is 6.54 Å². The Hall–Kier alpha value is -1.39. The third kappa shape index (κ3) is 2.40. The predicted octanol–water partition coefficient (Wildman–Crippen LogP) is 0.965. The van der Waals surface area contributed by atoms with Gasteiger partial charge in [0.2, 0.25) is 5.91 Å². The van der Waals surface area contributed by atoms with Gasteiger partial charge in [0.15, 0.2) is 0 Å². The van der Waals surface area contributed by atoms with Gasteiger partial charge < -0.3 is 16.2 Å². The monoisotopic (exact) mass is 248 g/mol. The summed E-state index contributed by atoms with van der Waals surface area (Å²) >= 11 is 0. The van der Waals surface area contributed by atoms with Crippen molar-refractivity contribution >= 4 is 5.91 Å². The van der Waals surface area contributed by atoms with Crippen molar-refractivity contribution in [1.82, 2.24) is 5.32 Å². The van der Waals surface area contributed by atoms with E-state index in [2.05, 4.69) is 5.32 Å². The van der Waals surface area contributed by atoms with Crippen molar-refractivity contribution in [2.45, 2.75) is 25.3 Å². The first-order valence-corrected chi connectivity index (χ1v) is 6.39. The zero-order chi connectivity index (χ0) is 13.0. The van der Waals surface area contributed by atoms with E-state index in [-0.39, 0.29) is 18.6 Å². The molecule has 0 aromatic heterocycles. The largest absolute Gasteiger partial charge is 0.394 e. The summed E-state index contributed by atoms with van der Waals surface area (Å²) in [5, 5.41) is 12.3. The molecule has 1 amide bonds. The summed E-state index contributed by atoms with van der Waals surface area (Å²) in [5.41, 5.74) is 6.22. The van der Waals surface area contributed by atoms with Crippen LogP contribution in [0.25, 0.3) is 0 Å². The van der Waals surface area contributed by atoms with E-state index < -0.39 is 5.41 Å². The van der Waals surface area contributed by atoms with Crippen LogP contribution >= 0.6 is 0 Å². The molecule has 1 aromatic carbocycles. The molecule has 1 fully saturated rings. The molecule has 1 aliphatic rings. The van der Waals surface area contributed by atoms with Crippen LogP contribution in [0.2, 0.25) is 0 Å². The van der Waals surface area contributed by atoms with Crippen LogP contribution in [0.5, 0.6) is 0 Å². The van der Waals surface area contributed by atoms with Crippen LogP contribution in [0.15, 0.2) is 30.3 Å². The quantitative estimate of drug-likeness (QED) is 0.726. The van der Waals surface area contributed by atoms with Crippen LogP contribution in [-0.2, 0) is 4.79 Å². The zero-order valence-electron chi connectivity index (χ0n) is 10.4. The van der Waals surface area contributed by atoms with Crippen LogP contribution in [0.3, 0.4) is 0 Å². The number of carbonyl (C=O) groups excluding carboxylic acids is 1. The number of nitrogens with one attached hydrogen (secondary N) is 1. The smallest absolute Gasteiger partial charge is 0.228 e. The Labute approximate surface area is 107 Å². The molecule has 0 radical (unpaired) electrons. The van der Waals surface area contributed by atoms with Crippen molar-refractivity contribution in [3.8, 4) is 0 Å². The molecule has 1 atom stereocenters. The molecular formula is C14H20N2O2. The lowest BCUT2D eigenvalue weighted by molar-refractivity contribution is -0.136. The first-order chi connectivity index (χ1) is 8.72. The minimum atomic E-state index is -0.401. The molecule has 0 bridgehead atoms. The van der Waals surface area contributed by atoms with Gasteiger partial charge in [0.25, 0.3) is 0 Å². The molecule has 98 valence electrons. The van der Waals surface area contributed by atoms with E-state index in [4.69, 9.17) is 5.73 Å². The highest BCUT2D eigenvalue weighted by molar-refractivity contribution is 5.84. The van der Waals surface area contributed by atoms with E-state index in [0.717, 1.165) is 24.8 Å². The van der Waals surface area contributed by atoms with Gasteiger partial charge in [-0.2, -0.15) is 0 Å². The van der Waals surface area contributed by atoms with Crippen LogP contribution < -0.4 is 11.1 Å². The van der Waals surface area contributed by atoms with E-state index in [1.165, 1.54) is 0 Å². The molecular weight excluding hydrogens is 228 g/mol. The molecule has 18 heavy (non-hydrogen) atoms. The highest BCUT2D eigenvalue weighted by atomic mass is 16.3. The molecule has 0 heterocycles. The van der Waals surface area contributed by atoms with Gasteiger partial charge in [0.05, 0.1) is 18.1 Å².